The highest BCUT2D eigenvalue weighted by molar-refractivity contribution is 5.92. The van der Waals surface area contributed by atoms with Crippen LogP contribution in [-0.4, -0.2) is 36.1 Å². The Kier molecular flexibility index (Phi) is 6.40. The first-order chi connectivity index (χ1) is 13.3. The Morgan fingerprint density at radius 3 is 2.24 bits per heavy atom. The van der Waals surface area contributed by atoms with Crippen LogP contribution < -0.4 is 15.8 Å². The lowest BCUT2D eigenvalue weighted by Crippen LogP contribution is -2.37. The Labute approximate surface area is 167 Å². The molecule has 1 aromatic carbocycles. The molecular weight excluding hydrogens is 385 g/mol. The highest BCUT2D eigenvalue weighted by Crippen LogP contribution is 2.33. The topological polar surface area (TPSA) is 78.1 Å². The third kappa shape index (κ3) is 6.33. The highest BCUT2D eigenvalue weighted by atomic mass is 19.4. The maximum atomic E-state index is 12.8. The van der Waals surface area contributed by atoms with Crippen molar-refractivity contribution in [3.05, 3.63) is 57.5 Å². The van der Waals surface area contributed by atoms with Gasteiger partial charge in [-0.2, -0.15) is 13.2 Å². The fourth-order valence-corrected chi connectivity index (χ4v) is 2.84. The van der Waals surface area contributed by atoms with E-state index in [0.29, 0.717) is 5.56 Å². The zero-order valence-corrected chi connectivity index (χ0v) is 17.0. The largest absolute Gasteiger partial charge is 0.393 e. The minimum absolute atomic E-state index is 0.0413. The van der Waals surface area contributed by atoms with Gasteiger partial charge in [-0.05, 0) is 16.5 Å². The van der Waals surface area contributed by atoms with Crippen LogP contribution in [0.25, 0.3) is 0 Å². The van der Waals surface area contributed by atoms with Crippen molar-refractivity contribution in [2.24, 2.45) is 5.41 Å². The van der Waals surface area contributed by atoms with Gasteiger partial charge in [0, 0.05) is 20.2 Å². The summed E-state index contributed by atoms with van der Waals surface area (Å²) in [6.07, 6.45) is -5.29. The van der Waals surface area contributed by atoms with E-state index < -0.39 is 35.5 Å². The van der Waals surface area contributed by atoms with Crippen LogP contribution in [0, 0.1) is 5.41 Å². The predicted molar refractivity (Wildman–Crippen MR) is 105 cm³/mol. The number of benzene rings is 1. The Morgan fingerprint density at radius 2 is 1.76 bits per heavy atom. The summed E-state index contributed by atoms with van der Waals surface area (Å²) in [5, 5.41) is 2.86. The van der Waals surface area contributed by atoms with E-state index in [2.05, 4.69) is 15.3 Å². The summed E-state index contributed by atoms with van der Waals surface area (Å²) in [6.45, 7) is 5.70. The van der Waals surface area contributed by atoms with Gasteiger partial charge in [0.15, 0.2) is 0 Å². The summed E-state index contributed by atoms with van der Waals surface area (Å²) >= 11 is 0. The van der Waals surface area contributed by atoms with Gasteiger partial charge in [0.25, 0.3) is 11.5 Å². The lowest BCUT2D eigenvalue weighted by Gasteiger charge is -2.32. The molecule has 6 nitrogen and oxygen atoms in total. The predicted octanol–water partition coefficient (Wildman–Crippen LogP) is 3.46. The molecule has 2 N–H and O–H groups in total. The average molecular weight is 410 g/mol. The third-order valence-electron chi connectivity index (χ3n) is 4.24. The summed E-state index contributed by atoms with van der Waals surface area (Å²) in [5.74, 6) is -0.301. The van der Waals surface area contributed by atoms with Crippen LogP contribution in [0.5, 0.6) is 0 Å². The zero-order chi connectivity index (χ0) is 22.0. The second-order valence-electron chi connectivity index (χ2n) is 8.15. The first-order valence-corrected chi connectivity index (χ1v) is 9.01. The van der Waals surface area contributed by atoms with E-state index in [0.717, 1.165) is 6.07 Å². The van der Waals surface area contributed by atoms with Gasteiger partial charge in [-0.1, -0.05) is 45.0 Å². The van der Waals surface area contributed by atoms with E-state index in [1.807, 2.05) is 20.8 Å². The fraction of sp³-hybridized carbons (Fsp3) is 0.450. The molecule has 0 bridgehead atoms. The maximum absolute atomic E-state index is 12.8. The van der Waals surface area contributed by atoms with Gasteiger partial charge in [0.2, 0.25) is 5.95 Å². The van der Waals surface area contributed by atoms with E-state index in [1.165, 1.54) is 12.1 Å². The number of rotatable bonds is 5. The molecule has 0 aliphatic rings. The molecule has 0 fully saturated rings. The van der Waals surface area contributed by atoms with Crippen molar-refractivity contribution >= 4 is 11.9 Å². The SMILES string of the molecule is CN(C)c1nc(C(=O)N[C@@H](c2ccc(CC(F)(F)F)cc2)C(C)(C)C)cc(=O)[nH]1. The van der Waals surface area contributed by atoms with Crippen molar-refractivity contribution in [1.82, 2.24) is 15.3 Å². The average Bonchev–Trinajstić information content (AvgIpc) is 2.57. The van der Waals surface area contributed by atoms with Gasteiger partial charge in [-0.15, -0.1) is 0 Å². The minimum atomic E-state index is -4.28. The van der Waals surface area contributed by atoms with Crippen molar-refractivity contribution in [3.8, 4) is 0 Å². The van der Waals surface area contributed by atoms with Crippen molar-refractivity contribution in [2.75, 3.05) is 19.0 Å². The zero-order valence-electron chi connectivity index (χ0n) is 17.0. The van der Waals surface area contributed by atoms with E-state index in [4.69, 9.17) is 0 Å². The molecule has 1 heterocycles. The van der Waals surface area contributed by atoms with Gasteiger partial charge < -0.3 is 10.2 Å². The number of anilines is 1. The quantitative estimate of drug-likeness (QED) is 0.791. The number of alkyl halides is 3. The van der Waals surface area contributed by atoms with Crippen molar-refractivity contribution < 1.29 is 18.0 Å². The summed E-state index contributed by atoms with van der Waals surface area (Å²) in [7, 11) is 3.36. The van der Waals surface area contributed by atoms with Gasteiger partial charge in [0.1, 0.15) is 5.69 Å². The molecule has 1 amide bonds. The van der Waals surface area contributed by atoms with Crippen LogP contribution in [0.2, 0.25) is 0 Å². The summed E-state index contributed by atoms with van der Waals surface area (Å²) in [6, 6.07) is 6.57. The first kappa shape index (κ1) is 22.4. The van der Waals surface area contributed by atoms with Crippen LogP contribution in [0.3, 0.4) is 0 Å². The number of amides is 1. The molecule has 2 aromatic rings. The van der Waals surface area contributed by atoms with Gasteiger partial charge in [0.05, 0.1) is 12.5 Å². The van der Waals surface area contributed by atoms with Crippen LogP contribution in [0.1, 0.15) is 48.4 Å². The molecule has 0 spiro atoms. The summed E-state index contributed by atoms with van der Waals surface area (Å²) < 4.78 is 37.7. The molecule has 1 aromatic heterocycles. The molecular formula is C20H25F3N4O2. The molecule has 158 valence electrons. The smallest absolute Gasteiger partial charge is 0.348 e. The summed E-state index contributed by atoms with van der Waals surface area (Å²) in [4.78, 5) is 32.8. The minimum Gasteiger partial charge on any atom is -0.348 e. The number of halogens is 3. The molecule has 0 aliphatic heterocycles. The molecule has 0 saturated carbocycles. The number of nitrogens with one attached hydrogen (secondary N) is 2. The molecule has 2 rings (SSSR count). The molecule has 0 saturated heterocycles. The standard InChI is InChI=1S/C20H25F3N4O2/c1-19(2,3)16(13-8-6-12(7-9-13)11-20(21,22)23)26-17(29)14-10-15(28)25-18(24-14)27(4)5/h6-10,16H,11H2,1-5H3,(H,26,29)(H,24,25,28)/t16-/m0/s1. The van der Waals surface area contributed by atoms with Crippen molar-refractivity contribution in [2.45, 2.75) is 39.4 Å². The van der Waals surface area contributed by atoms with Gasteiger partial charge in [-0.3, -0.25) is 14.6 Å². The fourth-order valence-electron chi connectivity index (χ4n) is 2.84. The van der Waals surface area contributed by atoms with Crippen LogP contribution in [0.4, 0.5) is 19.1 Å². The monoisotopic (exact) mass is 410 g/mol. The van der Waals surface area contributed by atoms with Gasteiger partial charge in [-0.25, -0.2) is 4.98 Å². The first-order valence-electron chi connectivity index (χ1n) is 9.01. The lowest BCUT2D eigenvalue weighted by atomic mass is 9.82. The van der Waals surface area contributed by atoms with E-state index in [-0.39, 0.29) is 17.2 Å². The molecule has 29 heavy (non-hydrogen) atoms. The third-order valence-corrected chi connectivity index (χ3v) is 4.24. The van der Waals surface area contributed by atoms with E-state index >= 15 is 0 Å². The highest BCUT2D eigenvalue weighted by Gasteiger charge is 2.30. The Hall–Kier alpha value is -2.84. The Bertz CT molecular complexity index is 913. The second kappa shape index (κ2) is 8.26. The van der Waals surface area contributed by atoms with Crippen LogP contribution in [0.15, 0.2) is 35.1 Å². The number of H-pyrrole nitrogens is 1. The number of hydrogen-bond acceptors (Lipinski definition) is 4. The number of aromatic nitrogens is 2. The lowest BCUT2D eigenvalue weighted by molar-refractivity contribution is -0.127. The number of carbonyl (C=O) groups is 1. The van der Waals surface area contributed by atoms with Crippen LogP contribution in [-0.2, 0) is 6.42 Å². The summed E-state index contributed by atoms with van der Waals surface area (Å²) in [5.41, 5.74) is -0.133. The Morgan fingerprint density at radius 1 is 1.17 bits per heavy atom. The van der Waals surface area contributed by atoms with E-state index in [1.54, 1.807) is 31.1 Å². The van der Waals surface area contributed by atoms with E-state index in [9.17, 15) is 22.8 Å². The maximum Gasteiger partial charge on any atom is 0.393 e. The number of aromatic amines is 1. The molecule has 1 atom stereocenters. The number of nitrogens with zero attached hydrogens (tertiary/aromatic N) is 2. The normalized spacial score (nSPS) is 13.1. The molecule has 0 unspecified atom stereocenters. The van der Waals surface area contributed by atoms with Crippen LogP contribution >= 0.6 is 0 Å². The van der Waals surface area contributed by atoms with Gasteiger partial charge >= 0.3 is 6.18 Å². The molecule has 0 radical (unpaired) electrons. The molecule has 9 heteroatoms. The van der Waals surface area contributed by atoms with Crippen molar-refractivity contribution in [3.63, 3.8) is 0 Å². The number of hydrogen-bond donors (Lipinski definition) is 2. The molecule has 0 aliphatic carbocycles. The Balaban J connectivity index is 2.30. The van der Waals surface area contributed by atoms with Crippen molar-refractivity contribution in [1.29, 1.82) is 0 Å². The second-order valence-corrected chi connectivity index (χ2v) is 8.15. The number of carbonyl (C=O) groups excluding carboxylic acids is 1.